The second-order valence-electron chi connectivity index (χ2n) is 6.92. The number of carbonyl (C=O) groups is 1. The maximum Gasteiger partial charge on any atom is 0.176 e. The normalized spacial score (nSPS) is 24.4. The lowest BCUT2D eigenvalue weighted by Gasteiger charge is -2.35. The van der Waals surface area contributed by atoms with Crippen LogP contribution in [0.2, 0.25) is 0 Å². The average Bonchev–Trinajstić information content (AvgIpc) is 2.99. The van der Waals surface area contributed by atoms with Crippen molar-refractivity contribution in [1.82, 2.24) is 0 Å². The largest absolute Gasteiger partial charge is 0.351 e. The van der Waals surface area contributed by atoms with E-state index in [1.54, 1.807) is 24.3 Å². The Morgan fingerprint density at radius 3 is 2.44 bits per heavy atom. The number of fused-ring (bicyclic) bond motifs is 3. The number of hydrogen-bond donors (Lipinski definition) is 0. The number of nitriles is 2. The number of rotatable bonds is 2. The minimum Gasteiger partial charge on any atom is -0.351 e. The van der Waals surface area contributed by atoms with Crippen LogP contribution in [-0.2, 0) is 4.79 Å². The van der Waals surface area contributed by atoms with Crippen molar-refractivity contribution >= 4 is 17.5 Å². The Balaban J connectivity index is 2.03. The molecule has 2 aliphatic heterocycles. The number of anilines is 1. The van der Waals surface area contributed by atoms with Crippen molar-refractivity contribution in [2.75, 3.05) is 4.90 Å². The number of benzene rings is 2. The second-order valence-corrected chi connectivity index (χ2v) is 6.92. The molecule has 132 valence electrons. The standard InChI is InChI=1S/C22H16FN3O/c1-14(27)21-20(16-7-3-4-8-17(16)23)22(12-24,13-25)19-11-10-15-6-2-5-9-18(15)26(19)21/h2-11,19-21H,1H3/t19-,20+,21-/m1/s1. The number of halogens is 1. The van der Waals surface area contributed by atoms with Gasteiger partial charge in [0, 0.05) is 11.6 Å². The molecule has 0 radical (unpaired) electrons. The molecule has 0 unspecified atom stereocenters. The highest BCUT2D eigenvalue weighted by atomic mass is 19.1. The van der Waals surface area contributed by atoms with Gasteiger partial charge in [0.15, 0.2) is 11.2 Å². The molecule has 2 aliphatic rings. The molecule has 0 N–H and O–H groups in total. The van der Waals surface area contributed by atoms with E-state index in [1.807, 2.05) is 35.2 Å². The molecule has 0 amide bonds. The third kappa shape index (κ3) is 2.22. The van der Waals surface area contributed by atoms with E-state index < -0.39 is 29.2 Å². The first-order chi connectivity index (χ1) is 13.0. The fourth-order valence-electron chi connectivity index (χ4n) is 4.46. The SMILES string of the molecule is CC(=O)[C@@H]1[C@H](c2ccccc2F)C(C#N)(C#N)[C@H]2C=Cc3ccccc3N12. The van der Waals surface area contributed by atoms with Crippen molar-refractivity contribution in [1.29, 1.82) is 10.5 Å². The minimum atomic E-state index is -1.58. The first kappa shape index (κ1) is 17.0. The van der Waals surface area contributed by atoms with E-state index >= 15 is 0 Å². The lowest BCUT2D eigenvalue weighted by Crippen LogP contribution is -2.43. The fourth-order valence-corrected chi connectivity index (χ4v) is 4.46. The zero-order chi connectivity index (χ0) is 19.2. The first-order valence-corrected chi connectivity index (χ1v) is 8.68. The molecule has 2 heterocycles. The molecule has 2 aromatic rings. The smallest absolute Gasteiger partial charge is 0.176 e. The van der Waals surface area contributed by atoms with Crippen LogP contribution >= 0.6 is 0 Å². The van der Waals surface area contributed by atoms with Gasteiger partial charge in [0.05, 0.1) is 24.2 Å². The van der Waals surface area contributed by atoms with Gasteiger partial charge >= 0.3 is 0 Å². The van der Waals surface area contributed by atoms with Gasteiger partial charge in [0.1, 0.15) is 5.82 Å². The molecule has 0 aliphatic carbocycles. The highest BCUT2D eigenvalue weighted by molar-refractivity contribution is 5.91. The van der Waals surface area contributed by atoms with Crippen molar-refractivity contribution in [3.05, 3.63) is 71.6 Å². The molecule has 4 rings (SSSR count). The molecule has 1 saturated heterocycles. The van der Waals surface area contributed by atoms with Gasteiger partial charge in [0.25, 0.3) is 0 Å². The summed E-state index contributed by atoms with van der Waals surface area (Å²) in [6.07, 6.45) is 3.65. The summed E-state index contributed by atoms with van der Waals surface area (Å²) in [7, 11) is 0. The van der Waals surface area contributed by atoms with Gasteiger partial charge in [-0.3, -0.25) is 4.79 Å². The van der Waals surface area contributed by atoms with E-state index in [-0.39, 0.29) is 11.3 Å². The van der Waals surface area contributed by atoms with E-state index in [0.29, 0.717) is 0 Å². The zero-order valence-corrected chi connectivity index (χ0v) is 14.6. The predicted molar refractivity (Wildman–Crippen MR) is 99.0 cm³/mol. The summed E-state index contributed by atoms with van der Waals surface area (Å²) >= 11 is 0. The summed E-state index contributed by atoms with van der Waals surface area (Å²) in [6, 6.07) is 16.4. The number of Topliss-reactive ketones (excluding diaryl/α,β-unsaturated/α-hetero) is 1. The third-order valence-corrected chi connectivity index (χ3v) is 5.57. The molecule has 0 bridgehead atoms. The molecule has 27 heavy (non-hydrogen) atoms. The molecular weight excluding hydrogens is 341 g/mol. The van der Waals surface area contributed by atoms with Crippen LogP contribution in [-0.4, -0.2) is 17.9 Å². The lowest BCUT2D eigenvalue weighted by molar-refractivity contribution is -0.118. The summed E-state index contributed by atoms with van der Waals surface area (Å²) < 4.78 is 14.7. The summed E-state index contributed by atoms with van der Waals surface area (Å²) in [6.45, 7) is 1.43. The topological polar surface area (TPSA) is 67.9 Å². The molecule has 1 fully saturated rings. The van der Waals surface area contributed by atoms with Gasteiger partial charge in [-0.05, 0) is 30.2 Å². The van der Waals surface area contributed by atoms with Crippen LogP contribution in [0.5, 0.6) is 0 Å². The van der Waals surface area contributed by atoms with E-state index in [2.05, 4.69) is 12.1 Å². The summed E-state index contributed by atoms with van der Waals surface area (Å²) in [4.78, 5) is 14.5. The Morgan fingerprint density at radius 1 is 1.11 bits per heavy atom. The van der Waals surface area contributed by atoms with Crippen molar-refractivity contribution in [2.45, 2.75) is 24.9 Å². The molecule has 0 aromatic heterocycles. The molecule has 4 nitrogen and oxygen atoms in total. The van der Waals surface area contributed by atoms with E-state index in [0.717, 1.165) is 11.3 Å². The number of nitrogens with zero attached hydrogens (tertiary/aromatic N) is 3. The molecule has 2 aromatic carbocycles. The number of ketones is 1. The van der Waals surface area contributed by atoms with Crippen molar-refractivity contribution in [3.8, 4) is 12.1 Å². The van der Waals surface area contributed by atoms with Crippen LogP contribution in [0.3, 0.4) is 0 Å². The van der Waals surface area contributed by atoms with Crippen molar-refractivity contribution in [2.24, 2.45) is 5.41 Å². The summed E-state index contributed by atoms with van der Waals surface area (Å²) in [5.41, 5.74) is 0.321. The third-order valence-electron chi connectivity index (χ3n) is 5.57. The summed E-state index contributed by atoms with van der Waals surface area (Å²) in [5.74, 6) is -1.61. The Labute approximate surface area is 156 Å². The van der Waals surface area contributed by atoms with Gasteiger partial charge in [-0.1, -0.05) is 48.6 Å². The minimum absolute atomic E-state index is 0.203. The zero-order valence-electron chi connectivity index (χ0n) is 14.6. The highest BCUT2D eigenvalue weighted by Crippen LogP contribution is 2.55. The van der Waals surface area contributed by atoms with Gasteiger partial charge in [-0.15, -0.1) is 0 Å². The van der Waals surface area contributed by atoms with Crippen LogP contribution in [0.25, 0.3) is 6.08 Å². The number of carbonyl (C=O) groups excluding carboxylic acids is 1. The predicted octanol–water partition coefficient (Wildman–Crippen LogP) is 3.82. The molecular formula is C22H16FN3O. The fraction of sp³-hybridized carbons (Fsp3) is 0.227. The van der Waals surface area contributed by atoms with Crippen LogP contribution in [0, 0.1) is 33.9 Å². The highest BCUT2D eigenvalue weighted by Gasteiger charge is 2.63. The van der Waals surface area contributed by atoms with Crippen molar-refractivity contribution in [3.63, 3.8) is 0 Å². The quantitative estimate of drug-likeness (QED) is 0.819. The van der Waals surface area contributed by atoms with Crippen LogP contribution < -0.4 is 4.90 Å². The average molecular weight is 357 g/mol. The summed E-state index contributed by atoms with van der Waals surface area (Å²) in [5, 5.41) is 20.1. The van der Waals surface area contributed by atoms with Crippen LogP contribution in [0.15, 0.2) is 54.6 Å². The molecule has 0 saturated carbocycles. The number of para-hydroxylation sites is 1. The monoisotopic (exact) mass is 357 g/mol. The van der Waals surface area contributed by atoms with Crippen molar-refractivity contribution < 1.29 is 9.18 Å². The van der Waals surface area contributed by atoms with E-state index in [4.69, 9.17) is 0 Å². The van der Waals surface area contributed by atoms with Gasteiger partial charge in [0.2, 0.25) is 0 Å². The second kappa shape index (κ2) is 6.07. The van der Waals surface area contributed by atoms with E-state index in [9.17, 15) is 19.7 Å². The lowest BCUT2D eigenvalue weighted by atomic mass is 9.69. The van der Waals surface area contributed by atoms with Gasteiger partial charge in [-0.2, -0.15) is 10.5 Å². The Hall–Kier alpha value is -3.44. The van der Waals surface area contributed by atoms with Crippen LogP contribution in [0.4, 0.5) is 10.1 Å². The first-order valence-electron chi connectivity index (χ1n) is 8.68. The van der Waals surface area contributed by atoms with Gasteiger partial charge in [-0.25, -0.2) is 4.39 Å². The Morgan fingerprint density at radius 2 is 1.78 bits per heavy atom. The number of hydrogen-bond acceptors (Lipinski definition) is 4. The molecule has 5 heteroatoms. The Bertz CT molecular complexity index is 1030. The molecule has 3 atom stereocenters. The van der Waals surface area contributed by atoms with Gasteiger partial charge < -0.3 is 4.90 Å². The van der Waals surface area contributed by atoms with E-state index in [1.165, 1.54) is 13.0 Å². The Kier molecular flexibility index (Phi) is 3.82. The maximum absolute atomic E-state index is 14.7. The van der Waals surface area contributed by atoms with Crippen LogP contribution in [0.1, 0.15) is 24.0 Å². The maximum atomic E-state index is 14.7. The molecule has 0 spiro atoms.